The highest BCUT2D eigenvalue weighted by Crippen LogP contribution is 2.20. The maximum Gasteiger partial charge on any atom is 0.246 e. The molecule has 3 rings (SSSR count). The molecule has 0 atom stereocenters. The summed E-state index contributed by atoms with van der Waals surface area (Å²) in [5, 5.41) is 0.500. The van der Waals surface area contributed by atoms with Crippen molar-refractivity contribution >= 4 is 35.0 Å². The molecule has 1 saturated heterocycles. The predicted molar refractivity (Wildman–Crippen MR) is 100 cm³/mol. The van der Waals surface area contributed by atoms with E-state index < -0.39 is 0 Å². The number of hydrogen-bond acceptors (Lipinski definition) is 3. The molecule has 1 heterocycles. The molecule has 2 aromatic rings. The first-order valence-electron chi connectivity index (χ1n) is 8.05. The zero-order valence-corrected chi connectivity index (χ0v) is 14.4. The monoisotopic (exact) mass is 359 g/mol. The number of nitrogens with zero attached hydrogens (tertiary/aromatic N) is 2. The molecule has 25 heavy (non-hydrogen) atoms. The molecule has 2 N–H and O–H groups in total. The summed E-state index contributed by atoms with van der Waals surface area (Å²) >= 11 is 5.89. The summed E-state index contributed by atoms with van der Waals surface area (Å²) in [4.78, 5) is 16.3. The Kier molecular flexibility index (Phi) is 5.24. The molecule has 1 amide bonds. The van der Waals surface area contributed by atoms with Crippen molar-refractivity contribution in [3.63, 3.8) is 0 Å². The van der Waals surface area contributed by atoms with Crippen LogP contribution >= 0.6 is 11.6 Å². The van der Waals surface area contributed by atoms with Crippen LogP contribution in [0.15, 0.2) is 48.5 Å². The highest BCUT2D eigenvalue weighted by Gasteiger charge is 2.19. The SMILES string of the molecule is Nc1cc(/C=C/C(=O)N2CCN(c3ccc(F)cc3)CC2)ccc1Cl. The second-order valence-corrected chi connectivity index (χ2v) is 6.31. The van der Waals surface area contributed by atoms with Crippen LogP contribution in [0.5, 0.6) is 0 Å². The maximum atomic E-state index is 13.0. The fourth-order valence-electron chi connectivity index (χ4n) is 2.78. The van der Waals surface area contributed by atoms with Gasteiger partial charge in [-0.3, -0.25) is 4.79 Å². The van der Waals surface area contributed by atoms with Crippen LogP contribution in [-0.4, -0.2) is 37.0 Å². The summed E-state index contributed by atoms with van der Waals surface area (Å²) in [5.74, 6) is -0.280. The van der Waals surface area contributed by atoms with E-state index in [0.717, 1.165) is 24.3 Å². The summed E-state index contributed by atoms with van der Waals surface area (Å²) in [6.07, 6.45) is 3.29. The minimum absolute atomic E-state index is 0.0349. The Morgan fingerprint density at radius 2 is 1.76 bits per heavy atom. The highest BCUT2D eigenvalue weighted by molar-refractivity contribution is 6.33. The van der Waals surface area contributed by atoms with Gasteiger partial charge in [-0.25, -0.2) is 4.39 Å². The highest BCUT2D eigenvalue weighted by atomic mass is 35.5. The van der Waals surface area contributed by atoms with Gasteiger partial charge in [-0.05, 0) is 48.0 Å². The zero-order chi connectivity index (χ0) is 17.8. The Labute approximate surface area is 151 Å². The van der Waals surface area contributed by atoms with Gasteiger partial charge < -0.3 is 15.5 Å². The van der Waals surface area contributed by atoms with E-state index in [1.165, 1.54) is 12.1 Å². The molecule has 0 radical (unpaired) electrons. The van der Waals surface area contributed by atoms with Crippen LogP contribution in [0, 0.1) is 5.82 Å². The number of carbonyl (C=O) groups excluding carboxylic acids is 1. The third-order valence-electron chi connectivity index (χ3n) is 4.22. The number of benzene rings is 2. The van der Waals surface area contributed by atoms with E-state index in [1.807, 2.05) is 6.07 Å². The fourth-order valence-corrected chi connectivity index (χ4v) is 2.89. The van der Waals surface area contributed by atoms with Gasteiger partial charge in [0.25, 0.3) is 0 Å². The number of nitrogens with two attached hydrogens (primary N) is 1. The van der Waals surface area contributed by atoms with Crippen molar-refractivity contribution in [3.05, 3.63) is 64.9 Å². The topological polar surface area (TPSA) is 49.6 Å². The van der Waals surface area contributed by atoms with Crippen molar-refractivity contribution < 1.29 is 9.18 Å². The third kappa shape index (κ3) is 4.31. The van der Waals surface area contributed by atoms with E-state index in [1.54, 1.807) is 41.3 Å². The molecule has 1 fully saturated rings. The van der Waals surface area contributed by atoms with E-state index >= 15 is 0 Å². The number of amides is 1. The van der Waals surface area contributed by atoms with Gasteiger partial charge in [-0.1, -0.05) is 17.7 Å². The molecule has 6 heteroatoms. The Morgan fingerprint density at radius 1 is 1.08 bits per heavy atom. The molecule has 130 valence electrons. The molecule has 0 aromatic heterocycles. The van der Waals surface area contributed by atoms with Gasteiger partial charge in [-0.15, -0.1) is 0 Å². The molecule has 0 saturated carbocycles. The Hall–Kier alpha value is -2.53. The number of nitrogen functional groups attached to an aromatic ring is 1. The van der Waals surface area contributed by atoms with Crippen molar-refractivity contribution in [1.29, 1.82) is 0 Å². The minimum atomic E-state index is -0.245. The lowest BCUT2D eigenvalue weighted by Crippen LogP contribution is -2.48. The lowest BCUT2D eigenvalue weighted by molar-refractivity contribution is -0.126. The van der Waals surface area contributed by atoms with E-state index in [4.69, 9.17) is 17.3 Å². The van der Waals surface area contributed by atoms with Crippen molar-refractivity contribution in [1.82, 2.24) is 4.90 Å². The molecular weight excluding hydrogens is 341 g/mol. The summed E-state index contributed by atoms with van der Waals surface area (Å²) in [6.45, 7) is 2.70. The second kappa shape index (κ2) is 7.57. The average Bonchev–Trinajstić information content (AvgIpc) is 2.63. The molecular formula is C19H19ClFN3O. The first-order chi connectivity index (χ1) is 12.0. The largest absolute Gasteiger partial charge is 0.398 e. The van der Waals surface area contributed by atoms with Crippen molar-refractivity contribution in [2.45, 2.75) is 0 Å². The molecule has 0 unspecified atom stereocenters. The Balaban J connectivity index is 1.56. The van der Waals surface area contributed by atoms with Crippen LogP contribution in [0.4, 0.5) is 15.8 Å². The molecule has 0 bridgehead atoms. The van der Waals surface area contributed by atoms with Gasteiger partial charge in [0.1, 0.15) is 5.82 Å². The Morgan fingerprint density at radius 3 is 2.40 bits per heavy atom. The van der Waals surface area contributed by atoms with Crippen molar-refractivity contribution in [2.24, 2.45) is 0 Å². The maximum absolute atomic E-state index is 13.0. The van der Waals surface area contributed by atoms with Crippen LogP contribution in [-0.2, 0) is 4.79 Å². The van der Waals surface area contributed by atoms with Gasteiger partial charge in [0.2, 0.25) is 5.91 Å². The second-order valence-electron chi connectivity index (χ2n) is 5.90. The number of rotatable bonds is 3. The minimum Gasteiger partial charge on any atom is -0.398 e. The van der Waals surface area contributed by atoms with Crippen LogP contribution in [0.25, 0.3) is 6.08 Å². The van der Waals surface area contributed by atoms with E-state index in [9.17, 15) is 9.18 Å². The summed E-state index contributed by atoms with van der Waals surface area (Å²) < 4.78 is 13.0. The van der Waals surface area contributed by atoms with Crippen molar-refractivity contribution in [2.75, 3.05) is 36.8 Å². The summed E-state index contributed by atoms with van der Waals surface area (Å²) in [6, 6.07) is 11.7. The average molecular weight is 360 g/mol. The standard InChI is InChI=1S/C19H19ClFN3O/c20-17-7-1-14(13-18(17)22)2-8-19(25)24-11-9-23(10-12-24)16-5-3-15(21)4-6-16/h1-8,13H,9-12,22H2/b8-2+. The lowest BCUT2D eigenvalue weighted by Gasteiger charge is -2.35. The number of anilines is 2. The van der Waals surface area contributed by atoms with Crippen LogP contribution in [0.1, 0.15) is 5.56 Å². The zero-order valence-electron chi connectivity index (χ0n) is 13.7. The van der Waals surface area contributed by atoms with E-state index in [-0.39, 0.29) is 11.7 Å². The van der Waals surface area contributed by atoms with Gasteiger partial charge in [0.15, 0.2) is 0 Å². The quantitative estimate of drug-likeness (QED) is 0.674. The van der Waals surface area contributed by atoms with Gasteiger partial charge in [-0.2, -0.15) is 0 Å². The number of hydrogen-bond donors (Lipinski definition) is 1. The van der Waals surface area contributed by atoms with Crippen molar-refractivity contribution in [3.8, 4) is 0 Å². The molecule has 1 aliphatic heterocycles. The molecule has 0 aliphatic carbocycles. The smallest absolute Gasteiger partial charge is 0.246 e. The lowest BCUT2D eigenvalue weighted by atomic mass is 10.2. The van der Waals surface area contributed by atoms with E-state index in [0.29, 0.717) is 23.8 Å². The number of carbonyl (C=O) groups is 1. The first-order valence-corrected chi connectivity index (χ1v) is 8.43. The van der Waals surface area contributed by atoms with Gasteiger partial charge in [0.05, 0.1) is 10.7 Å². The van der Waals surface area contributed by atoms with Crippen LogP contribution in [0.3, 0.4) is 0 Å². The molecule has 2 aromatic carbocycles. The molecule has 1 aliphatic rings. The fraction of sp³-hybridized carbons (Fsp3) is 0.211. The summed E-state index contributed by atoms with van der Waals surface area (Å²) in [7, 11) is 0. The van der Waals surface area contributed by atoms with Gasteiger partial charge >= 0.3 is 0 Å². The van der Waals surface area contributed by atoms with Crippen LogP contribution < -0.4 is 10.6 Å². The first kappa shape index (κ1) is 17.3. The molecule has 0 spiro atoms. The number of halogens is 2. The summed E-state index contributed by atoms with van der Waals surface area (Å²) in [5.41, 5.74) is 8.06. The van der Waals surface area contributed by atoms with E-state index in [2.05, 4.69) is 4.90 Å². The third-order valence-corrected chi connectivity index (χ3v) is 4.57. The normalized spacial score (nSPS) is 15.0. The Bertz CT molecular complexity index is 784. The van der Waals surface area contributed by atoms with Crippen LogP contribution in [0.2, 0.25) is 5.02 Å². The van der Waals surface area contributed by atoms with Gasteiger partial charge in [0, 0.05) is 37.9 Å². The predicted octanol–water partition coefficient (Wildman–Crippen LogP) is 3.42. The molecule has 4 nitrogen and oxygen atoms in total. The number of piperazine rings is 1.